The quantitative estimate of drug-likeness (QED) is 0.940. The molecule has 17 heavy (non-hydrogen) atoms. The van der Waals surface area contributed by atoms with Gasteiger partial charge in [0, 0.05) is 18.1 Å². The van der Waals surface area contributed by atoms with E-state index in [0.29, 0.717) is 6.54 Å². The Kier molecular flexibility index (Phi) is 3.91. The summed E-state index contributed by atoms with van der Waals surface area (Å²) in [6.07, 6.45) is 1.71. The van der Waals surface area contributed by atoms with Crippen LogP contribution in [0.1, 0.15) is 17.0 Å². The zero-order chi connectivity index (χ0) is 12.3. The van der Waals surface area contributed by atoms with Crippen molar-refractivity contribution in [2.75, 3.05) is 0 Å². The lowest BCUT2D eigenvalue weighted by atomic mass is 10.1. The maximum Gasteiger partial charge on any atom is 0.164 e. The van der Waals surface area contributed by atoms with Crippen LogP contribution in [0, 0.1) is 6.92 Å². The molecular weight excluding hydrogens is 280 g/mol. The molecular formula is C12H15BrN4. The Morgan fingerprint density at radius 1 is 1.35 bits per heavy atom. The van der Waals surface area contributed by atoms with Gasteiger partial charge in [0.15, 0.2) is 5.82 Å². The minimum absolute atomic E-state index is 0.687. The number of rotatable bonds is 4. The number of hydrogen-bond donors (Lipinski definition) is 1. The van der Waals surface area contributed by atoms with E-state index < -0.39 is 0 Å². The maximum atomic E-state index is 4.21. The Hall–Kier alpha value is -1.20. The van der Waals surface area contributed by atoms with Gasteiger partial charge in [-0.1, -0.05) is 28.1 Å². The van der Waals surface area contributed by atoms with E-state index in [-0.39, 0.29) is 0 Å². The fourth-order valence-corrected chi connectivity index (χ4v) is 1.96. The molecule has 5 heteroatoms. The number of halogens is 1. The Bertz CT molecular complexity index is 507. The summed E-state index contributed by atoms with van der Waals surface area (Å²) in [7, 11) is 1.87. The molecule has 1 aromatic heterocycles. The van der Waals surface area contributed by atoms with E-state index >= 15 is 0 Å². The molecule has 1 N–H and O–H groups in total. The molecule has 90 valence electrons. The van der Waals surface area contributed by atoms with Crippen LogP contribution in [0.4, 0.5) is 0 Å². The van der Waals surface area contributed by atoms with Crippen LogP contribution in [-0.4, -0.2) is 14.8 Å². The Morgan fingerprint density at radius 3 is 2.82 bits per heavy atom. The molecule has 0 bridgehead atoms. The van der Waals surface area contributed by atoms with Crippen molar-refractivity contribution >= 4 is 15.9 Å². The first-order valence-electron chi connectivity index (χ1n) is 5.45. The third kappa shape index (κ3) is 3.38. The van der Waals surface area contributed by atoms with Crippen molar-refractivity contribution < 1.29 is 0 Å². The number of aryl methyl sites for hydroxylation is 2. The topological polar surface area (TPSA) is 42.7 Å². The highest BCUT2D eigenvalue weighted by Gasteiger charge is 2.00. The van der Waals surface area contributed by atoms with Gasteiger partial charge in [0.2, 0.25) is 0 Å². The Balaban J connectivity index is 1.87. The van der Waals surface area contributed by atoms with Crippen LogP contribution in [0.3, 0.4) is 0 Å². The van der Waals surface area contributed by atoms with Gasteiger partial charge in [-0.3, -0.25) is 4.68 Å². The fourth-order valence-electron chi connectivity index (χ4n) is 1.53. The molecule has 0 amide bonds. The van der Waals surface area contributed by atoms with Gasteiger partial charge in [-0.2, -0.15) is 5.10 Å². The molecule has 0 saturated heterocycles. The zero-order valence-corrected chi connectivity index (χ0v) is 11.5. The molecule has 2 aromatic rings. The molecule has 0 radical (unpaired) electrons. The van der Waals surface area contributed by atoms with Crippen LogP contribution in [0.15, 0.2) is 29.0 Å². The van der Waals surface area contributed by atoms with Crippen LogP contribution < -0.4 is 5.32 Å². The fraction of sp³-hybridized carbons (Fsp3) is 0.333. The van der Waals surface area contributed by atoms with Crippen molar-refractivity contribution in [3.63, 3.8) is 0 Å². The largest absolute Gasteiger partial charge is 0.306 e. The first kappa shape index (κ1) is 12.3. The molecule has 0 atom stereocenters. The van der Waals surface area contributed by atoms with Crippen molar-refractivity contribution in [1.82, 2.24) is 20.1 Å². The van der Waals surface area contributed by atoms with Gasteiger partial charge in [-0.25, -0.2) is 4.98 Å². The first-order chi connectivity index (χ1) is 8.15. The average molecular weight is 295 g/mol. The third-order valence-corrected chi connectivity index (χ3v) is 3.35. The molecule has 0 aliphatic carbocycles. The van der Waals surface area contributed by atoms with Gasteiger partial charge in [0.05, 0.1) is 6.54 Å². The smallest absolute Gasteiger partial charge is 0.164 e. The second kappa shape index (κ2) is 5.42. The normalized spacial score (nSPS) is 10.8. The predicted molar refractivity (Wildman–Crippen MR) is 70.4 cm³/mol. The summed E-state index contributed by atoms with van der Waals surface area (Å²) in [5.41, 5.74) is 2.50. The van der Waals surface area contributed by atoms with Gasteiger partial charge in [0.1, 0.15) is 6.33 Å². The summed E-state index contributed by atoms with van der Waals surface area (Å²) in [4.78, 5) is 4.16. The molecule has 0 saturated carbocycles. The van der Waals surface area contributed by atoms with E-state index in [1.54, 1.807) is 11.0 Å². The molecule has 0 spiro atoms. The zero-order valence-electron chi connectivity index (χ0n) is 9.94. The van der Waals surface area contributed by atoms with Gasteiger partial charge in [-0.15, -0.1) is 0 Å². The Morgan fingerprint density at radius 2 is 2.18 bits per heavy atom. The summed E-state index contributed by atoms with van der Waals surface area (Å²) in [6, 6.07) is 6.37. The summed E-state index contributed by atoms with van der Waals surface area (Å²) in [5, 5.41) is 7.53. The van der Waals surface area contributed by atoms with Crippen LogP contribution >= 0.6 is 15.9 Å². The van der Waals surface area contributed by atoms with Crippen molar-refractivity contribution in [2.45, 2.75) is 20.0 Å². The summed E-state index contributed by atoms with van der Waals surface area (Å²) in [5.74, 6) is 0.818. The predicted octanol–water partition coefficient (Wildman–Crippen LogP) is 2.18. The number of benzene rings is 1. The Labute approximate surface area is 109 Å². The summed E-state index contributed by atoms with van der Waals surface area (Å²) < 4.78 is 2.85. The van der Waals surface area contributed by atoms with Gasteiger partial charge in [0.25, 0.3) is 0 Å². The second-order valence-electron chi connectivity index (χ2n) is 4.02. The average Bonchev–Trinajstić information content (AvgIpc) is 2.70. The van der Waals surface area contributed by atoms with Crippen molar-refractivity contribution in [1.29, 1.82) is 0 Å². The van der Waals surface area contributed by atoms with Gasteiger partial charge >= 0.3 is 0 Å². The molecule has 0 aliphatic heterocycles. The van der Waals surface area contributed by atoms with E-state index in [1.165, 1.54) is 11.1 Å². The highest BCUT2D eigenvalue weighted by Crippen LogP contribution is 2.17. The van der Waals surface area contributed by atoms with Gasteiger partial charge in [-0.05, 0) is 24.1 Å². The van der Waals surface area contributed by atoms with Crippen LogP contribution in [0.5, 0.6) is 0 Å². The maximum absolute atomic E-state index is 4.21. The molecule has 2 rings (SSSR count). The minimum Gasteiger partial charge on any atom is -0.306 e. The first-order valence-corrected chi connectivity index (χ1v) is 6.25. The number of hydrogen-bond acceptors (Lipinski definition) is 3. The molecule has 4 nitrogen and oxygen atoms in total. The van der Waals surface area contributed by atoms with Crippen LogP contribution in [0.25, 0.3) is 0 Å². The van der Waals surface area contributed by atoms with E-state index in [2.05, 4.69) is 56.5 Å². The van der Waals surface area contributed by atoms with Crippen LogP contribution in [-0.2, 0) is 20.1 Å². The number of aromatic nitrogens is 3. The lowest BCUT2D eigenvalue weighted by molar-refractivity contribution is 0.649. The highest BCUT2D eigenvalue weighted by atomic mass is 79.9. The van der Waals surface area contributed by atoms with E-state index in [1.807, 2.05) is 7.05 Å². The van der Waals surface area contributed by atoms with Crippen molar-refractivity contribution in [2.24, 2.45) is 7.05 Å². The van der Waals surface area contributed by atoms with Crippen molar-refractivity contribution in [3.05, 3.63) is 46.0 Å². The molecule has 0 unspecified atom stereocenters. The number of nitrogens with zero attached hydrogens (tertiary/aromatic N) is 3. The lowest BCUT2D eigenvalue weighted by Gasteiger charge is -2.05. The summed E-state index contributed by atoms with van der Waals surface area (Å²) >= 11 is 3.53. The second-order valence-corrected chi connectivity index (χ2v) is 4.88. The summed E-state index contributed by atoms with van der Waals surface area (Å²) in [6.45, 7) is 3.59. The molecule has 0 fully saturated rings. The van der Waals surface area contributed by atoms with E-state index in [0.717, 1.165) is 16.8 Å². The SMILES string of the molecule is Cc1ccc(CNCc2ncn(C)n2)cc1Br. The van der Waals surface area contributed by atoms with Crippen LogP contribution in [0.2, 0.25) is 0 Å². The molecule has 1 aromatic carbocycles. The monoisotopic (exact) mass is 294 g/mol. The van der Waals surface area contributed by atoms with E-state index in [4.69, 9.17) is 0 Å². The third-order valence-electron chi connectivity index (χ3n) is 2.50. The lowest BCUT2D eigenvalue weighted by Crippen LogP contribution is -2.14. The standard InChI is InChI=1S/C12H15BrN4/c1-9-3-4-10(5-11(9)13)6-14-7-12-15-8-17(2)16-12/h3-5,8,14H,6-7H2,1-2H3. The van der Waals surface area contributed by atoms with Gasteiger partial charge < -0.3 is 5.32 Å². The minimum atomic E-state index is 0.687. The number of nitrogens with one attached hydrogen (secondary N) is 1. The highest BCUT2D eigenvalue weighted by molar-refractivity contribution is 9.10. The molecule has 1 heterocycles. The molecule has 0 aliphatic rings. The van der Waals surface area contributed by atoms with E-state index in [9.17, 15) is 0 Å². The van der Waals surface area contributed by atoms with Crippen molar-refractivity contribution in [3.8, 4) is 0 Å².